The predicted molar refractivity (Wildman–Crippen MR) is 64.2 cm³/mol. The number of rotatable bonds is 5. The van der Waals surface area contributed by atoms with Gasteiger partial charge in [0.1, 0.15) is 5.82 Å². The van der Waals surface area contributed by atoms with Gasteiger partial charge in [0.2, 0.25) is 0 Å². The Morgan fingerprint density at radius 2 is 1.94 bits per heavy atom. The van der Waals surface area contributed by atoms with Gasteiger partial charge in [-0.15, -0.1) is 0 Å². The molecule has 0 atom stereocenters. The monoisotopic (exact) mass is 243 g/mol. The highest BCUT2D eigenvalue weighted by molar-refractivity contribution is 5.24. The highest BCUT2D eigenvalue weighted by Crippen LogP contribution is 2.17. The maximum atomic E-state index is 13.2. The normalized spacial score (nSPS) is 11.6. The lowest BCUT2D eigenvalue weighted by atomic mass is 10.1. The molecule has 0 saturated heterocycles. The predicted octanol–water partition coefficient (Wildman–Crippen LogP) is 3.12. The minimum Gasteiger partial charge on any atom is -0.490 e. The summed E-state index contributed by atoms with van der Waals surface area (Å²) in [5.74, 6) is -1.05. The summed E-state index contributed by atoms with van der Waals surface area (Å²) >= 11 is 0. The second-order valence-corrected chi connectivity index (χ2v) is 4.95. The van der Waals surface area contributed by atoms with Crippen LogP contribution in [0.15, 0.2) is 18.2 Å². The minimum absolute atomic E-state index is 0.0271. The molecule has 0 saturated carbocycles. The average molecular weight is 243 g/mol. The van der Waals surface area contributed by atoms with E-state index in [-0.39, 0.29) is 11.3 Å². The van der Waals surface area contributed by atoms with Crippen molar-refractivity contribution in [2.24, 2.45) is 0 Å². The van der Waals surface area contributed by atoms with Crippen molar-refractivity contribution in [2.75, 3.05) is 13.2 Å². The van der Waals surface area contributed by atoms with E-state index in [1.165, 1.54) is 0 Å². The van der Waals surface area contributed by atoms with Gasteiger partial charge in [-0.05, 0) is 45.9 Å². The molecule has 0 amide bonds. The lowest BCUT2D eigenvalue weighted by molar-refractivity contribution is 0.284. The van der Waals surface area contributed by atoms with E-state index < -0.39 is 11.6 Å². The fourth-order valence-corrected chi connectivity index (χ4v) is 1.31. The zero-order chi connectivity index (χ0) is 12.9. The van der Waals surface area contributed by atoms with Crippen LogP contribution in [0.2, 0.25) is 0 Å². The van der Waals surface area contributed by atoms with Crippen LogP contribution in [0.25, 0.3) is 0 Å². The first-order chi connectivity index (χ1) is 7.88. The van der Waals surface area contributed by atoms with Crippen molar-refractivity contribution < 1.29 is 13.5 Å². The molecule has 0 bridgehead atoms. The van der Waals surface area contributed by atoms with E-state index in [1.807, 2.05) is 0 Å². The van der Waals surface area contributed by atoms with Crippen LogP contribution in [0.4, 0.5) is 8.78 Å². The van der Waals surface area contributed by atoms with Gasteiger partial charge in [0.25, 0.3) is 0 Å². The maximum Gasteiger partial charge on any atom is 0.165 e. The van der Waals surface area contributed by atoms with Crippen molar-refractivity contribution >= 4 is 0 Å². The van der Waals surface area contributed by atoms with Crippen LogP contribution in [0.1, 0.15) is 27.2 Å². The minimum atomic E-state index is -0.532. The first kappa shape index (κ1) is 13.9. The van der Waals surface area contributed by atoms with E-state index in [0.29, 0.717) is 6.61 Å². The van der Waals surface area contributed by atoms with Gasteiger partial charge < -0.3 is 10.1 Å². The Labute approximate surface area is 101 Å². The molecule has 1 rings (SSSR count). The molecule has 0 aliphatic carbocycles. The van der Waals surface area contributed by atoms with Crippen LogP contribution in [0.5, 0.6) is 5.75 Å². The van der Waals surface area contributed by atoms with Gasteiger partial charge in [-0.2, -0.15) is 0 Å². The molecule has 0 aliphatic heterocycles. The van der Waals surface area contributed by atoms with Gasteiger partial charge in [0.05, 0.1) is 6.61 Å². The Morgan fingerprint density at radius 3 is 2.59 bits per heavy atom. The molecule has 1 N–H and O–H groups in total. The van der Waals surface area contributed by atoms with Crippen LogP contribution in [-0.4, -0.2) is 18.7 Å². The summed E-state index contributed by atoms with van der Waals surface area (Å²) in [7, 11) is 0. The highest BCUT2D eigenvalue weighted by Gasteiger charge is 2.08. The number of halogens is 2. The number of benzene rings is 1. The molecule has 0 fully saturated rings. The molecule has 96 valence electrons. The Kier molecular flexibility index (Phi) is 4.87. The summed E-state index contributed by atoms with van der Waals surface area (Å²) in [5.41, 5.74) is 0.0596. The van der Waals surface area contributed by atoms with Crippen LogP contribution in [-0.2, 0) is 0 Å². The van der Waals surface area contributed by atoms with Crippen LogP contribution >= 0.6 is 0 Å². The molecule has 0 aromatic heterocycles. The lowest BCUT2D eigenvalue weighted by Crippen LogP contribution is -2.36. The largest absolute Gasteiger partial charge is 0.490 e. The molecule has 1 aromatic carbocycles. The van der Waals surface area contributed by atoms with Crippen molar-refractivity contribution in [2.45, 2.75) is 32.7 Å². The Morgan fingerprint density at radius 1 is 1.24 bits per heavy atom. The van der Waals surface area contributed by atoms with E-state index in [4.69, 9.17) is 4.74 Å². The van der Waals surface area contributed by atoms with E-state index in [2.05, 4.69) is 26.1 Å². The SMILES string of the molecule is CC(C)(C)NCCCOc1cc(F)ccc1F. The summed E-state index contributed by atoms with van der Waals surface area (Å²) < 4.78 is 31.2. The topological polar surface area (TPSA) is 21.3 Å². The van der Waals surface area contributed by atoms with E-state index in [9.17, 15) is 8.78 Å². The van der Waals surface area contributed by atoms with Gasteiger partial charge in [-0.3, -0.25) is 0 Å². The average Bonchev–Trinajstić information content (AvgIpc) is 2.21. The summed E-state index contributed by atoms with van der Waals surface area (Å²) in [6.07, 6.45) is 0.743. The molecule has 17 heavy (non-hydrogen) atoms. The standard InChI is InChI=1S/C13H19F2NO/c1-13(2,3)16-7-4-8-17-12-9-10(14)5-6-11(12)15/h5-6,9,16H,4,7-8H2,1-3H3. The summed E-state index contributed by atoms with van der Waals surface area (Å²) in [4.78, 5) is 0. The zero-order valence-electron chi connectivity index (χ0n) is 10.5. The molecule has 2 nitrogen and oxygen atoms in total. The summed E-state index contributed by atoms with van der Waals surface area (Å²) in [6, 6.07) is 3.20. The second kappa shape index (κ2) is 5.96. The van der Waals surface area contributed by atoms with E-state index in [0.717, 1.165) is 31.2 Å². The Bertz CT molecular complexity index is 361. The molecule has 1 aromatic rings. The third-order valence-electron chi connectivity index (χ3n) is 2.13. The van der Waals surface area contributed by atoms with Gasteiger partial charge in [0, 0.05) is 11.6 Å². The number of hydrogen-bond donors (Lipinski definition) is 1. The number of hydrogen-bond acceptors (Lipinski definition) is 2. The fraction of sp³-hybridized carbons (Fsp3) is 0.538. The maximum absolute atomic E-state index is 13.2. The third kappa shape index (κ3) is 5.63. The van der Waals surface area contributed by atoms with E-state index >= 15 is 0 Å². The highest BCUT2D eigenvalue weighted by atomic mass is 19.1. The summed E-state index contributed by atoms with van der Waals surface area (Å²) in [6.45, 7) is 7.35. The molecular weight excluding hydrogens is 224 g/mol. The lowest BCUT2D eigenvalue weighted by Gasteiger charge is -2.20. The first-order valence-corrected chi connectivity index (χ1v) is 5.71. The van der Waals surface area contributed by atoms with Crippen molar-refractivity contribution in [1.29, 1.82) is 0 Å². The van der Waals surface area contributed by atoms with Crippen LogP contribution < -0.4 is 10.1 Å². The van der Waals surface area contributed by atoms with Gasteiger partial charge in [-0.25, -0.2) is 8.78 Å². The van der Waals surface area contributed by atoms with Crippen molar-refractivity contribution in [3.05, 3.63) is 29.8 Å². The molecule has 0 spiro atoms. The van der Waals surface area contributed by atoms with Gasteiger partial charge >= 0.3 is 0 Å². The Balaban J connectivity index is 2.29. The second-order valence-electron chi connectivity index (χ2n) is 4.95. The third-order valence-corrected chi connectivity index (χ3v) is 2.13. The molecule has 0 unspecified atom stereocenters. The quantitative estimate of drug-likeness (QED) is 0.802. The van der Waals surface area contributed by atoms with Gasteiger partial charge in [-0.1, -0.05) is 0 Å². The van der Waals surface area contributed by atoms with Crippen LogP contribution in [0, 0.1) is 11.6 Å². The van der Waals surface area contributed by atoms with Crippen molar-refractivity contribution in [3.63, 3.8) is 0 Å². The van der Waals surface area contributed by atoms with E-state index in [1.54, 1.807) is 0 Å². The zero-order valence-corrected chi connectivity index (χ0v) is 10.5. The van der Waals surface area contributed by atoms with Crippen molar-refractivity contribution in [1.82, 2.24) is 5.32 Å². The number of ether oxygens (including phenoxy) is 1. The molecule has 0 radical (unpaired) electrons. The smallest absolute Gasteiger partial charge is 0.165 e. The molecule has 4 heteroatoms. The first-order valence-electron chi connectivity index (χ1n) is 5.71. The van der Waals surface area contributed by atoms with Gasteiger partial charge in [0.15, 0.2) is 11.6 Å². The molecule has 0 aliphatic rings. The molecular formula is C13H19F2NO. The molecule has 0 heterocycles. The fourth-order valence-electron chi connectivity index (χ4n) is 1.31. The summed E-state index contributed by atoms with van der Waals surface area (Å²) in [5, 5.41) is 3.29. The van der Waals surface area contributed by atoms with Crippen LogP contribution in [0.3, 0.4) is 0 Å². The number of nitrogens with one attached hydrogen (secondary N) is 1. The Hall–Kier alpha value is -1.16. The van der Waals surface area contributed by atoms with Crippen molar-refractivity contribution in [3.8, 4) is 5.75 Å².